The lowest BCUT2D eigenvalue weighted by Gasteiger charge is -2.37. The Balaban J connectivity index is 1.79. The van der Waals surface area contributed by atoms with Crippen molar-refractivity contribution >= 4 is 5.97 Å². The molecule has 36 heavy (non-hydrogen) atoms. The van der Waals surface area contributed by atoms with Gasteiger partial charge in [0.1, 0.15) is 6.10 Å². The van der Waals surface area contributed by atoms with Crippen LogP contribution in [0.3, 0.4) is 0 Å². The van der Waals surface area contributed by atoms with Gasteiger partial charge in [-0.1, -0.05) is 74.4 Å². The first-order chi connectivity index (χ1) is 17.4. The summed E-state index contributed by atoms with van der Waals surface area (Å²) in [5, 5.41) is 0. The molecule has 0 aromatic heterocycles. The van der Waals surface area contributed by atoms with E-state index in [1.807, 2.05) is 24.3 Å². The van der Waals surface area contributed by atoms with Crippen LogP contribution < -0.4 is 0 Å². The molecule has 0 aromatic carbocycles. The Morgan fingerprint density at radius 3 is 2.42 bits per heavy atom. The van der Waals surface area contributed by atoms with Gasteiger partial charge in [0.25, 0.3) is 0 Å². The number of fused-ring (bicyclic) bond motifs is 4. The van der Waals surface area contributed by atoms with Gasteiger partial charge in [-0.15, -0.1) is 0 Å². The van der Waals surface area contributed by atoms with E-state index in [-0.39, 0.29) is 42.7 Å². The quantitative estimate of drug-likeness (QED) is 0.226. The standard InChI is InChI=1S/C32H48O4/c1-6-23(3)12-9-8-10-15-31-25(5)17-16-24(4)18-27-13-11-14-28(34-27)21-29-19-26(7-2)20-30(35-29)22-32(33)36-31/h7-10,12,15-17,24-25,27-31H,6,11,13-14,18-22H2,1-5H3/b9-8-,15-10+,17-16-,23-12+,26-7-. The molecule has 4 bridgehead atoms. The predicted octanol–water partition coefficient (Wildman–Crippen LogP) is 7.81. The second-order valence-corrected chi connectivity index (χ2v) is 11.0. The Bertz CT molecular complexity index is 848. The monoisotopic (exact) mass is 496 g/mol. The van der Waals surface area contributed by atoms with E-state index in [9.17, 15) is 4.79 Å². The van der Waals surface area contributed by atoms with Gasteiger partial charge in [0.05, 0.1) is 30.8 Å². The molecule has 0 amide bonds. The minimum Gasteiger partial charge on any atom is -0.457 e. The minimum absolute atomic E-state index is 0.0769. The Kier molecular flexibility index (Phi) is 11.7. The summed E-state index contributed by atoms with van der Waals surface area (Å²) >= 11 is 0. The predicted molar refractivity (Wildman–Crippen MR) is 148 cm³/mol. The van der Waals surface area contributed by atoms with Crippen LogP contribution in [0.15, 0.2) is 59.8 Å². The number of cyclic esters (lactones) is 1. The number of hydrogen-bond donors (Lipinski definition) is 0. The number of ether oxygens (including phenoxy) is 3. The van der Waals surface area contributed by atoms with E-state index < -0.39 is 0 Å². The first kappa shape index (κ1) is 28.7. The summed E-state index contributed by atoms with van der Waals surface area (Å²) in [6.07, 6.45) is 25.5. The summed E-state index contributed by atoms with van der Waals surface area (Å²) in [4.78, 5) is 13.0. The maximum Gasteiger partial charge on any atom is 0.309 e. The minimum atomic E-state index is -0.314. The second kappa shape index (κ2) is 14.7. The molecule has 7 unspecified atom stereocenters. The zero-order valence-electron chi connectivity index (χ0n) is 23.2. The summed E-state index contributed by atoms with van der Waals surface area (Å²) < 4.78 is 19.0. The van der Waals surface area contributed by atoms with Gasteiger partial charge in [-0.25, -0.2) is 0 Å². The molecule has 0 aliphatic carbocycles. The van der Waals surface area contributed by atoms with Crippen LogP contribution in [0.25, 0.3) is 0 Å². The van der Waals surface area contributed by atoms with Crippen molar-refractivity contribution in [1.82, 2.24) is 0 Å². The van der Waals surface area contributed by atoms with Gasteiger partial charge in [-0.3, -0.25) is 4.79 Å². The summed E-state index contributed by atoms with van der Waals surface area (Å²) in [5.74, 6) is 0.301. The number of carbonyl (C=O) groups excluding carboxylic acids is 1. The molecule has 7 atom stereocenters. The Morgan fingerprint density at radius 2 is 1.67 bits per heavy atom. The highest BCUT2D eigenvalue weighted by Crippen LogP contribution is 2.33. The van der Waals surface area contributed by atoms with Gasteiger partial charge in [0.15, 0.2) is 0 Å². The number of rotatable bonds is 4. The molecule has 0 saturated carbocycles. The lowest BCUT2D eigenvalue weighted by molar-refractivity contribution is -0.154. The van der Waals surface area contributed by atoms with Crippen molar-refractivity contribution in [3.8, 4) is 0 Å². The fraction of sp³-hybridized carbons (Fsp3) is 0.656. The van der Waals surface area contributed by atoms with Crippen molar-refractivity contribution in [2.45, 2.75) is 123 Å². The third-order valence-electron chi connectivity index (χ3n) is 7.76. The molecule has 200 valence electrons. The van der Waals surface area contributed by atoms with Crippen molar-refractivity contribution in [1.29, 1.82) is 0 Å². The molecule has 0 spiro atoms. The molecular formula is C32H48O4. The van der Waals surface area contributed by atoms with Crippen LogP contribution in [-0.2, 0) is 19.0 Å². The molecule has 3 aliphatic heterocycles. The first-order valence-electron chi connectivity index (χ1n) is 14.2. The molecule has 3 aliphatic rings. The van der Waals surface area contributed by atoms with Gasteiger partial charge in [-0.05, 0) is 70.8 Å². The fourth-order valence-electron chi connectivity index (χ4n) is 5.40. The molecule has 0 radical (unpaired) electrons. The highest BCUT2D eigenvalue weighted by molar-refractivity contribution is 5.70. The van der Waals surface area contributed by atoms with Gasteiger partial charge >= 0.3 is 5.97 Å². The molecular weight excluding hydrogens is 448 g/mol. The zero-order valence-corrected chi connectivity index (χ0v) is 23.2. The molecule has 3 heterocycles. The van der Waals surface area contributed by atoms with Crippen molar-refractivity contribution in [2.24, 2.45) is 11.8 Å². The SMILES string of the molecule is C/C=C1\CC2CC(=O)OC(/C=C/C=C\C=C(/C)CC)C(C)/C=C\C(C)CC3CCCC(CC(C1)O2)O3. The van der Waals surface area contributed by atoms with Crippen molar-refractivity contribution in [3.63, 3.8) is 0 Å². The first-order valence-corrected chi connectivity index (χ1v) is 14.2. The maximum absolute atomic E-state index is 13.0. The Morgan fingerprint density at radius 1 is 0.944 bits per heavy atom. The smallest absolute Gasteiger partial charge is 0.309 e. The van der Waals surface area contributed by atoms with E-state index in [2.05, 4.69) is 58.9 Å². The highest BCUT2D eigenvalue weighted by atomic mass is 16.5. The third-order valence-corrected chi connectivity index (χ3v) is 7.76. The third kappa shape index (κ3) is 9.52. The van der Waals surface area contributed by atoms with E-state index in [0.29, 0.717) is 12.0 Å². The molecule has 2 fully saturated rings. The van der Waals surface area contributed by atoms with Crippen LogP contribution in [0.2, 0.25) is 0 Å². The Hall–Kier alpha value is -1.91. The summed E-state index contributed by atoms with van der Waals surface area (Å²) in [6, 6.07) is 0. The van der Waals surface area contributed by atoms with E-state index in [4.69, 9.17) is 14.2 Å². The molecule has 3 rings (SSSR count). The van der Waals surface area contributed by atoms with Gasteiger partial charge in [-0.2, -0.15) is 0 Å². The average molecular weight is 497 g/mol. The highest BCUT2D eigenvalue weighted by Gasteiger charge is 2.32. The van der Waals surface area contributed by atoms with Crippen LogP contribution >= 0.6 is 0 Å². The summed E-state index contributed by atoms with van der Waals surface area (Å²) in [6.45, 7) is 10.7. The van der Waals surface area contributed by atoms with Crippen LogP contribution in [0.5, 0.6) is 0 Å². The fourth-order valence-corrected chi connectivity index (χ4v) is 5.40. The van der Waals surface area contributed by atoms with Crippen molar-refractivity contribution < 1.29 is 19.0 Å². The largest absolute Gasteiger partial charge is 0.457 e. The van der Waals surface area contributed by atoms with Gasteiger partial charge < -0.3 is 14.2 Å². The van der Waals surface area contributed by atoms with Crippen LogP contribution in [0.4, 0.5) is 0 Å². The van der Waals surface area contributed by atoms with Crippen LogP contribution in [0, 0.1) is 11.8 Å². The molecule has 4 heteroatoms. The topological polar surface area (TPSA) is 44.8 Å². The van der Waals surface area contributed by atoms with E-state index >= 15 is 0 Å². The normalized spacial score (nSPS) is 37.4. The molecule has 4 nitrogen and oxygen atoms in total. The molecule has 2 saturated heterocycles. The summed E-state index contributed by atoms with van der Waals surface area (Å²) in [5.41, 5.74) is 2.71. The van der Waals surface area contributed by atoms with Crippen LogP contribution in [0.1, 0.15) is 92.4 Å². The van der Waals surface area contributed by atoms with Crippen LogP contribution in [-0.4, -0.2) is 36.5 Å². The Labute approximate surface area is 219 Å². The van der Waals surface area contributed by atoms with E-state index in [0.717, 1.165) is 44.9 Å². The molecule has 0 N–H and O–H groups in total. The lowest BCUT2D eigenvalue weighted by atomic mass is 9.90. The van der Waals surface area contributed by atoms with Gasteiger partial charge in [0.2, 0.25) is 0 Å². The summed E-state index contributed by atoms with van der Waals surface area (Å²) in [7, 11) is 0. The average Bonchev–Trinajstić information content (AvgIpc) is 2.85. The van der Waals surface area contributed by atoms with E-state index in [1.54, 1.807) is 0 Å². The maximum atomic E-state index is 13.0. The number of allylic oxidation sites excluding steroid dienone is 7. The number of esters is 1. The van der Waals surface area contributed by atoms with Gasteiger partial charge in [0, 0.05) is 12.3 Å². The number of hydrogen-bond acceptors (Lipinski definition) is 4. The zero-order chi connectivity index (χ0) is 25.9. The second-order valence-electron chi connectivity index (χ2n) is 11.0. The lowest BCUT2D eigenvalue weighted by Crippen LogP contribution is -2.37. The van der Waals surface area contributed by atoms with Crippen molar-refractivity contribution in [2.75, 3.05) is 0 Å². The molecule has 0 aromatic rings. The van der Waals surface area contributed by atoms with Crippen molar-refractivity contribution in [3.05, 3.63) is 59.8 Å². The van der Waals surface area contributed by atoms with E-state index in [1.165, 1.54) is 17.6 Å². The number of carbonyl (C=O) groups is 1.